The predicted octanol–water partition coefficient (Wildman–Crippen LogP) is 13.9. The number of nitrogens with zero attached hydrogens (tertiary/aromatic N) is 4. The minimum atomic E-state index is 1.07. The van der Waals surface area contributed by atoms with E-state index in [1.807, 2.05) is 24.8 Å². The summed E-state index contributed by atoms with van der Waals surface area (Å²) in [5.41, 5.74) is 14.0. The Kier molecular flexibility index (Phi) is 7.20. The second kappa shape index (κ2) is 12.9. The average molecular weight is 739 g/mol. The highest BCUT2D eigenvalue weighted by molar-refractivity contribution is 6.35. The number of pyridine rings is 2. The van der Waals surface area contributed by atoms with Crippen molar-refractivity contribution < 1.29 is 0 Å². The van der Waals surface area contributed by atoms with E-state index in [0.29, 0.717) is 0 Å². The molecule has 0 amide bonds. The van der Waals surface area contributed by atoms with Gasteiger partial charge in [-0.2, -0.15) is 0 Å². The van der Waals surface area contributed by atoms with Gasteiger partial charge in [0.25, 0.3) is 0 Å². The van der Waals surface area contributed by atoms with Crippen LogP contribution >= 0.6 is 0 Å². The van der Waals surface area contributed by atoms with Crippen LogP contribution in [-0.2, 0) is 0 Å². The molecule has 4 nitrogen and oxygen atoms in total. The topological polar surface area (TPSA) is 35.6 Å². The molecule has 0 aliphatic heterocycles. The fourth-order valence-electron chi connectivity index (χ4n) is 9.52. The molecule has 12 aromatic rings. The lowest BCUT2D eigenvalue weighted by molar-refractivity contribution is 1.12. The standard InChI is InChI=1S/C54H34N4/c1-5-13-35(14-6-1)49-45-33-39-21-24-44-48-40(22-23-43(47(39)48)53(45)57(41-25-29-55-30-26-41)51(49)37-17-9-3-10-18-37)34-46-50(36-15-7-2-8-16-36)52(38-19-11-4-12-20-38)58(54(44)46)42-27-31-56-32-28-42/h1-34H. The summed E-state index contributed by atoms with van der Waals surface area (Å²) in [7, 11) is 0. The quantitative estimate of drug-likeness (QED) is 0.159. The van der Waals surface area contributed by atoms with Gasteiger partial charge in [-0.05, 0) is 80.2 Å². The van der Waals surface area contributed by atoms with E-state index in [9.17, 15) is 0 Å². The molecule has 0 spiro atoms. The van der Waals surface area contributed by atoms with Crippen molar-refractivity contribution in [3.8, 4) is 56.1 Å². The average Bonchev–Trinajstić information content (AvgIpc) is 3.83. The molecule has 0 radical (unpaired) electrons. The Morgan fingerprint density at radius 3 is 1.02 bits per heavy atom. The van der Waals surface area contributed by atoms with Crippen LogP contribution in [0.3, 0.4) is 0 Å². The first-order chi connectivity index (χ1) is 28.8. The summed E-state index contributed by atoms with van der Waals surface area (Å²) in [4.78, 5) is 8.89. The molecule has 58 heavy (non-hydrogen) atoms. The highest BCUT2D eigenvalue weighted by Gasteiger charge is 2.28. The van der Waals surface area contributed by atoms with Crippen LogP contribution in [0.5, 0.6) is 0 Å². The van der Waals surface area contributed by atoms with Crippen molar-refractivity contribution in [2.24, 2.45) is 0 Å². The molecule has 0 unspecified atom stereocenters. The molecule has 8 aromatic carbocycles. The minimum Gasteiger partial charge on any atom is -0.308 e. The lowest BCUT2D eigenvalue weighted by Gasteiger charge is -2.17. The van der Waals surface area contributed by atoms with Crippen molar-refractivity contribution in [3.05, 3.63) is 207 Å². The molecule has 0 fully saturated rings. The van der Waals surface area contributed by atoms with Crippen molar-refractivity contribution in [3.63, 3.8) is 0 Å². The number of hydrogen-bond donors (Lipinski definition) is 0. The summed E-state index contributed by atoms with van der Waals surface area (Å²) < 4.78 is 4.94. The molecule has 0 saturated carbocycles. The number of fused-ring (bicyclic) bond motifs is 4. The van der Waals surface area contributed by atoms with E-state index in [4.69, 9.17) is 0 Å². The second-order valence-electron chi connectivity index (χ2n) is 15.0. The van der Waals surface area contributed by atoms with Gasteiger partial charge in [-0.1, -0.05) is 146 Å². The lowest BCUT2D eigenvalue weighted by Crippen LogP contribution is -1.99. The zero-order valence-electron chi connectivity index (χ0n) is 31.4. The Morgan fingerprint density at radius 1 is 0.310 bits per heavy atom. The highest BCUT2D eigenvalue weighted by atomic mass is 15.0. The van der Waals surface area contributed by atoms with E-state index in [2.05, 4.69) is 201 Å². The van der Waals surface area contributed by atoms with Crippen LogP contribution in [0.25, 0.3) is 110 Å². The largest absolute Gasteiger partial charge is 0.308 e. The van der Waals surface area contributed by atoms with Crippen molar-refractivity contribution in [1.82, 2.24) is 19.1 Å². The van der Waals surface area contributed by atoms with Crippen molar-refractivity contribution in [2.45, 2.75) is 0 Å². The molecule has 0 saturated heterocycles. The molecule has 4 heterocycles. The second-order valence-corrected chi connectivity index (χ2v) is 15.0. The number of rotatable bonds is 6. The first kappa shape index (κ1) is 32.4. The number of hydrogen-bond acceptors (Lipinski definition) is 2. The van der Waals surface area contributed by atoms with Crippen LogP contribution in [0, 0.1) is 0 Å². The fourth-order valence-corrected chi connectivity index (χ4v) is 9.52. The zero-order valence-corrected chi connectivity index (χ0v) is 31.4. The predicted molar refractivity (Wildman–Crippen MR) is 241 cm³/mol. The maximum absolute atomic E-state index is 4.44. The van der Waals surface area contributed by atoms with E-state index in [1.165, 1.54) is 76.4 Å². The van der Waals surface area contributed by atoms with Crippen LogP contribution in [0.15, 0.2) is 207 Å². The maximum Gasteiger partial charge on any atom is 0.0620 e. The smallest absolute Gasteiger partial charge is 0.0620 e. The molecular formula is C54H34N4. The Bertz CT molecular complexity index is 3210. The molecule has 4 aromatic heterocycles. The van der Waals surface area contributed by atoms with Crippen LogP contribution < -0.4 is 0 Å². The summed E-state index contributed by atoms with van der Waals surface area (Å²) >= 11 is 0. The van der Waals surface area contributed by atoms with Gasteiger partial charge in [0.1, 0.15) is 0 Å². The summed E-state index contributed by atoms with van der Waals surface area (Å²) in [6.45, 7) is 0. The van der Waals surface area contributed by atoms with Crippen molar-refractivity contribution >= 4 is 54.1 Å². The van der Waals surface area contributed by atoms with Crippen LogP contribution in [0.1, 0.15) is 0 Å². The van der Waals surface area contributed by atoms with Gasteiger partial charge in [0.2, 0.25) is 0 Å². The molecule has 0 N–H and O–H groups in total. The fraction of sp³-hybridized carbons (Fsp3) is 0. The molecule has 0 aliphatic carbocycles. The normalized spacial score (nSPS) is 11.8. The molecule has 12 rings (SSSR count). The monoisotopic (exact) mass is 738 g/mol. The van der Waals surface area contributed by atoms with Gasteiger partial charge in [0.15, 0.2) is 0 Å². The van der Waals surface area contributed by atoms with Gasteiger partial charge >= 0.3 is 0 Å². The molecule has 0 atom stereocenters. The van der Waals surface area contributed by atoms with E-state index >= 15 is 0 Å². The molecule has 0 bridgehead atoms. The molecule has 0 aliphatic rings. The van der Waals surface area contributed by atoms with E-state index in [0.717, 1.165) is 33.9 Å². The first-order valence-corrected chi connectivity index (χ1v) is 19.7. The van der Waals surface area contributed by atoms with Gasteiger partial charge in [-0.15, -0.1) is 0 Å². The Hall–Kier alpha value is -7.82. The third-order valence-corrected chi connectivity index (χ3v) is 11.8. The summed E-state index contributed by atoms with van der Waals surface area (Å²) in [5, 5.41) is 9.84. The van der Waals surface area contributed by atoms with Crippen molar-refractivity contribution in [2.75, 3.05) is 0 Å². The Balaban J connectivity index is 1.29. The summed E-state index contributed by atoms with van der Waals surface area (Å²) in [5.74, 6) is 0. The first-order valence-electron chi connectivity index (χ1n) is 19.7. The minimum absolute atomic E-state index is 1.07. The SMILES string of the molecule is c1ccc(-c2c(-c3ccccc3)n(-c3ccncc3)c3c2cc2ccc4c5c(ccc3c25)cc2c(-c3ccccc3)c(-c3ccccc3)n(-c3ccncc3)c24)cc1. The Labute approximate surface area is 334 Å². The van der Waals surface area contributed by atoms with Crippen LogP contribution in [-0.4, -0.2) is 19.1 Å². The van der Waals surface area contributed by atoms with Gasteiger partial charge in [-0.25, -0.2) is 0 Å². The Morgan fingerprint density at radius 2 is 0.655 bits per heavy atom. The summed E-state index contributed by atoms with van der Waals surface area (Å²) in [6.07, 6.45) is 7.58. The molecule has 270 valence electrons. The zero-order chi connectivity index (χ0) is 38.2. The van der Waals surface area contributed by atoms with Crippen molar-refractivity contribution in [1.29, 1.82) is 0 Å². The maximum atomic E-state index is 4.44. The van der Waals surface area contributed by atoms with Gasteiger partial charge in [0, 0.05) is 68.8 Å². The van der Waals surface area contributed by atoms with Gasteiger partial charge < -0.3 is 9.13 Å². The molecule has 4 heteroatoms. The van der Waals surface area contributed by atoms with Crippen LogP contribution in [0.2, 0.25) is 0 Å². The van der Waals surface area contributed by atoms with Gasteiger partial charge in [-0.3, -0.25) is 9.97 Å². The third kappa shape index (κ3) is 4.76. The summed E-state index contributed by atoms with van der Waals surface area (Å²) in [6, 6.07) is 66.1. The number of aromatic nitrogens is 4. The van der Waals surface area contributed by atoms with E-state index in [-0.39, 0.29) is 0 Å². The third-order valence-electron chi connectivity index (χ3n) is 11.8. The van der Waals surface area contributed by atoms with Gasteiger partial charge in [0.05, 0.1) is 22.4 Å². The van der Waals surface area contributed by atoms with Crippen LogP contribution in [0.4, 0.5) is 0 Å². The van der Waals surface area contributed by atoms with E-state index in [1.54, 1.807) is 0 Å². The number of benzene rings is 8. The van der Waals surface area contributed by atoms with E-state index < -0.39 is 0 Å². The molecular weight excluding hydrogens is 705 g/mol. The highest BCUT2D eigenvalue weighted by Crippen LogP contribution is 2.51. The lowest BCUT2D eigenvalue weighted by atomic mass is 9.89.